The van der Waals surface area contributed by atoms with E-state index in [0.717, 1.165) is 22.4 Å². The molecule has 3 aromatic rings. The van der Waals surface area contributed by atoms with Gasteiger partial charge in [0.05, 0.1) is 24.1 Å². The fraction of sp³-hybridized carbons (Fsp3) is 0.158. The highest BCUT2D eigenvalue weighted by Crippen LogP contribution is 2.19. The number of nitrogens with zero attached hydrogens (tertiary/aromatic N) is 2. The number of rotatable bonds is 4. The summed E-state index contributed by atoms with van der Waals surface area (Å²) in [6, 6.07) is 13.3. The highest BCUT2D eigenvalue weighted by Gasteiger charge is 2.12. The summed E-state index contributed by atoms with van der Waals surface area (Å²) in [6.07, 6.45) is 3.26. The van der Waals surface area contributed by atoms with E-state index >= 15 is 0 Å². The minimum Gasteiger partial charge on any atom is -0.392 e. The third kappa shape index (κ3) is 3.21. The number of hydrogen-bond donors (Lipinski definition) is 2. The van der Waals surface area contributed by atoms with Crippen LogP contribution in [0.2, 0.25) is 0 Å². The van der Waals surface area contributed by atoms with E-state index in [0.29, 0.717) is 11.3 Å². The van der Waals surface area contributed by atoms with Crippen molar-refractivity contribution in [1.29, 1.82) is 0 Å². The van der Waals surface area contributed by atoms with Gasteiger partial charge in [-0.1, -0.05) is 30.3 Å². The van der Waals surface area contributed by atoms with E-state index in [9.17, 15) is 9.90 Å². The standard InChI is InChI=1S/C19H19N3O2/c1-13-7-8-15(12-23)9-17(13)21-19(24)16-10-20-22(11-16)18-6-4-3-5-14(18)2/h3-11,23H,12H2,1-2H3,(H,21,24). The van der Waals surface area contributed by atoms with E-state index in [1.165, 1.54) is 0 Å². The smallest absolute Gasteiger partial charge is 0.258 e. The van der Waals surface area contributed by atoms with Gasteiger partial charge in [-0.25, -0.2) is 4.68 Å². The lowest BCUT2D eigenvalue weighted by molar-refractivity contribution is 0.102. The average Bonchev–Trinajstić information content (AvgIpc) is 3.07. The van der Waals surface area contributed by atoms with Gasteiger partial charge in [-0.15, -0.1) is 0 Å². The number of carbonyl (C=O) groups excluding carboxylic acids is 1. The summed E-state index contributed by atoms with van der Waals surface area (Å²) in [5.74, 6) is -0.229. The van der Waals surface area contributed by atoms with Gasteiger partial charge in [-0.05, 0) is 42.7 Å². The molecular formula is C19H19N3O2. The largest absolute Gasteiger partial charge is 0.392 e. The second-order valence-corrected chi connectivity index (χ2v) is 5.72. The maximum absolute atomic E-state index is 12.5. The number of aromatic nitrogens is 2. The lowest BCUT2D eigenvalue weighted by Gasteiger charge is -2.09. The van der Waals surface area contributed by atoms with Gasteiger partial charge in [0.2, 0.25) is 0 Å². The summed E-state index contributed by atoms with van der Waals surface area (Å²) in [4.78, 5) is 12.5. The molecular weight excluding hydrogens is 302 g/mol. The Kier molecular flexibility index (Phi) is 4.44. The van der Waals surface area contributed by atoms with Gasteiger partial charge in [-0.3, -0.25) is 4.79 Å². The number of hydrogen-bond acceptors (Lipinski definition) is 3. The van der Waals surface area contributed by atoms with E-state index in [1.807, 2.05) is 50.2 Å². The minimum absolute atomic E-state index is 0.0611. The summed E-state index contributed by atoms with van der Waals surface area (Å²) in [5.41, 5.74) is 4.88. The van der Waals surface area contributed by atoms with Crippen LogP contribution in [0.3, 0.4) is 0 Å². The van der Waals surface area contributed by atoms with Crippen LogP contribution in [-0.4, -0.2) is 20.8 Å². The number of nitrogens with one attached hydrogen (secondary N) is 1. The Morgan fingerprint density at radius 3 is 2.71 bits per heavy atom. The first kappa shape index (κ1) is 16.0. The van der Waals surface area contributed by atoms with Gasteiger partial charge in [-0.2, -0.15) is 5.10 Å². The van der Waals surface area contributed by atoms with Crippen molar-refractivity contribution in [3.8, 4) is 5.69 Å². The average molecular weight is 321 g/mol. The zero-order valence-corrected chi connectivity index (χ0v) is 13.7. The molecule has 0 bridgehead atoms. The van der Waals surface area contributed by atoms with E-state index < -0.39 is 0 Å². The number of anilines is 1. The number of carbonyl (C=O) groups is 1. The molecule has 1 heterocycles. The quantitative estimate of drug-likeness (QED) is 0.775. The molecule has 0 radical (unpaired) electrons. The molecule has 1 amide bonds. The van der Waals surface area contributed by atoms with Crippen molar-refractivity contribution in [1.82, 2.24) is 9.78 Å². The predicted molar refractivity (Wildman–Crippen MR) is 93.4 cm³/mol. The van der Waals surface area contributed by atoms with Crippen molar-refractivity contribution < 1.29 is 9.90 Å². The zero-order chi connectivity index (χ0) is 17.1. The zero-order valence-electron chi connectivity index (χ0n) is 13.7. The van der Waals surface area contributed by atoms with Crippen LogP contribution in [0.25, 0.3) is 5.69 Å². The van der Waals surface area contributed by atoms with Gasteiger partial charge in [0.1, 0.15) is 0 Å². The Balaban J connectivity index is 1.83. The Morgan fingerprint density at radius 1 is 1.17 bits per heavy atom. The van der Waals surface area contributed by atoms with E-state index in [2.05, 4.69) is 10.4 Å². The van der Waals surface area contributed by atoms with Crippen LogP contribution in [0, 0.1) is 13.8 Å². The third-order valence-corrected chi connectivity index (χ3v) is 3.94. The van der Waals surface area contributed by atoms with E-state index in [-0.39, 0.29) is 12.5 Å². The Labute approximate surface area is 140 Å². The summed E-state index contributed by atoms with van der Waals surface area (Å²) >= 11 is 0. The predicted octanol–water partition coefficient (Wildman–Crippen LogP) is 3.23. The Morgan fingerprint density at radius 2 is 1.96 bits per heavy atom. The van der Waals surface area contributed by atoms with Gasteiger partial charge in [0.25, 0.3) is 5.91 Å². The maximum atomic E-state index is 12.5. The monoisotopic (exact) mass is 321 g/mol. The first-order valence-electron chi connectivity index (χ1n) is 7.71. The number of amides is 1. The second-order valence-electron chi connectivity index (χ2n) is 5.72. The number of para-hydroxylation sites is 1. The fourth-order valence-electron chi connectivity index (χ4n) is 2.49. The molecule has 5 nitrogen and oxygen atoms in total. The van der Waals surface area contributed by atoms with Crippen LogP contribution in [0.5, 0.6) is 0 Å². The molecule has 1 aromatic heterocycles. The first-order chi connectivity index (χ1) is 11.6. The van der Waals surface area contributed by atoms with Gasteiger partial charge >= 0.3 is 0 Å². The molecule has 0 aliphatic heterocycles. The molecule has 122 valence electrons. The number of aliphatic hydroxyl groups is 1. The molecule has 2 N–H and O–H groups in total. The van der Waals surface area contributed by atoms with Crippen molar-refractivity contribution in [2.75, 3.05) is 5.32 Å². The Bertz CT molecular complexity index is 884. The fourth-order valence-corrected chi connectivity index (χ4v) is 2.49. The molecule has 0 atom stereocenters. The second kappa shape index (κ2) is 6.68. The van der Waals surface area contributed by atoms with Gasteiger partial charge in [0.15, 0.2) is 0 Å². The molecule has 3 rings (SSSR count). The van der Waals surface area contributed by atoms with Crippen LogP contribution in [0.4, 0.5) is 5.69 Å². The van der Waals surface area contributed by atoms with Crippen LogP contribution in [-0.2, 0) is 6.61 Å². The molecule has 0 aliphatic rings. The highest BCUT2D eigenvalue weighted by molar-refractivity contribution is 6.04. The van der Waals surface area contributed by atoms with E-state index in [1.54, 1.807) is 23.1 Å². The third-order valence-electron chi connectivity index (χ3n) is 3.94. The SMILES string of the molecule is Cc1ccc(CO)cc1NC(=O)c1cnn(-c2ccccc2C)c1. The summed E-state index contributed by atoms with van der Waals surface area (Å²) in [5, 5.41) is 16.4. The van der Waals surface area contributed by atoms with Crippen LogP contribution in [0.15, 0.2) is 54.9 Å². The molecule has 0 aliphatic carbocycles. The minimum atomic E-state index is -0.229. The van der Waals surface area contributed by atoms with Crippen LogP contribution in [0.1, 0.15) is 27.0 Å². The van der Waals surface area contributed by atoms with Crippen LogP contribution >= 0.6 is 0 Å². The lowest BCUT2D eigenvalue weighted by Crippen LogP contribution is -2.12. The summed E-state index contributed by atoms with van der Waals surface area (Å²) in [6.45, 7) is 3.85. The molecule has 0 saturated heterocycles. The molecule has 0 saturated carbocycles. The number of aliphatic hydroxyl groups excluding tert-OH is 1. The van der Waals surface area contributed by atoms with Crippen LogP contribution < -0.4 is 5.32 Å². The first-order valence-corrected chi connectivity index (χ1v) is 7.71. The molecule has 0 spiro atoms. The van der Waals surface area contributed by atoms with E-state index in [4.69, 9.17) is 0 Å². The number of benzene rings is 2. The Hall–Kier alpha value is -2.92. The van der Waals surface area contributed by atoms with Crippen molar-refractivity contribution in [3.63, 3.8) is 0 Å². The molecule has 0 unspecified atom stereocenters. The normalized spacial score (nSPS) is 10.6. The molecule has 5 heteroatoms. The summed E-state index contributed by atoms with van der Waals surface area (Å²) < 4.78 is 1.70. The van der Waals surface area contributed by atoms with Gasteiger partial charge < -0.3 is 10.4 Å². The number of aryl methyl sites for hydroxylation is 2. The molecule has 0 fully saturated rings. The van der Waals surface area contributed by atoms with Crippen molar-refractivity contribution in [2.24, 2.45) is 0 Å². The molecule has 24 heavy (non-hydrogen) atoms. The maximum Gasteiger partial charge on any atom is 0.258 e. The van der Waals surface area contributed by atoms with Crippen molar-refractivity contribution in [3.05, 3.63) is 77.1 Å². The topological polar surface area (TPSA) is 67.2 Å². The van der Waals surface area contributed by atoms with Crippen molar-refractivity contribution in [2.45, 2.75) is 20.5 Å². The highest BCUT2D eigenvalue weighted by atomic mass is 16.3. The summed E-state index contributed by atoms with van der Waals surface area (Å²) in [7, 11) is 0. The van der Waals surface area contributed by atoms with Crippen molar-refractivity contribution >= 4 is 11.6 Å². The molecule has 2 aromatic carbocycles. The lowest BCUT2D eigenvalue weighted by atomic mass is 10.1. The van der Waals surface area contributed by atoms with Gasteiger partial charge in [0, 0.05) is 11.9 Å².